The van der Waals surface area contributed by atoms with E-state index in [4.69, 9.17) is 9.15 Å². The van der Waals surface area contributed by atoms with Crippen LogP contribution in [-0.2, 0) is 20.7 Å². The summed E-state index contributed by atoms with van der Waals surface area (Å²) in [6, 6.07) is 6.55. The van der Waals surface area contributed by atoms with Crippen molar-refractivity contribution >= 4 is 29.0 Å². The molecule has 0 aliphatic rings. The molecule has 3 amide bonds. The summed E-state index contributed by atoms with van der Waals surface area (Å²) >= 11 is 0. The smallest absolute Gasteiger partial charge is 0.321 e. The third-order valence-corrected chi connectivity index (χ3v) is 3.22. The van der Waals surface area contributed by atoms with Crippen molar-refractivity contribution in [1.29, 1.82) is 0 Å². The van der Waals surface area contributed by atoms with Crippen LogP contribution >= 0.6 is 0 Å². The number of imide groups is 1. The van der Waals surface area contributed by atoms with Gasteiger partial charge in [-0.15, -0.1) is 0 Å². The van der Waals surface area contributed by atoms with E-state index in [-0.39, 0.29) is 18.9 Å². The predicted molar refractivity (Wildman–Crippen MR) is 89.7 cm³/mol. The number of urea groups is 1. The Labute approximate surface area is 144 Å². The molecule has 0 saturated carbocycles. The van der Waals surface area contributed by atoms with Crippen LogP contribution in [0.2, 0.25) is 0 Å². The molecule has 0 bridgehead atoms. The van der Waals surface area contributed by atoms with Gasteiger partial charge in [0.15, 0.2) is 17.6 Å². The zero-order valence-corrected chi connectivity index (χ0v) is 14.4. The molecule has 2 rings (SSSR count). The Morgan fingerprint density at radius 1 is 1.20 bits per heavy atom. The number of amides is 3. The number of para-hydroxylation sites is 2. The van der Waals surface area contributed by atoms with Crippen LogP contribution < -0.4 is 10.6 Å². The fourth-order valence-corrected chi connectivity index (χ4v) is 2.06. The quantitative estimate of drug-likeness (QED) is 0.773. The lowest BCUT2D eigenvalue weighted by Gasteiger charge is -2.14. The molecule has 1 atom stereocenters. The van der Waals surface area contributed by atoms with Crippen LogP contribution in [0.1, 0.15) is 33.1 Å². The van der Waals surface area contributed by atoms with Crippen LogP contribution in [0.3, 0.4) is 0 Å². The van der Waals surface area contributed by atoms with Gasteiger partial charge in [-0.25, -0.2) is 9.78 Å². The van der Waals surface area contributed by atoms with Gasteiger partial charge in [0.2, 0.25) is 0 Å². The van der Waals surface area contributed by atoms with Gasteiger partial charge in [-0.3, -0.25) is 14.9 Å². The number of hydrogen-bond donors (Lipinski definition) is 2. The van der Waals surface area contributed by atoms with E-state index in [9.17, 15) is 14.4 Å². The van der Waals surface area contributed by atoms with E-state index in [2.05, 4.69) is 15.6 Å². The molecule has 8 nitrogen and oxygen atoms in total. The van der Waals surface area contributed by atoms with E-state index in [1.165, 1.54) is 6.92 Å². The largest absolute Gasteiger partial charge is 0.453 e. The number of nitrogens with one attached hydrogen (secondary N) is 2. The second-order valence-corrected chi connectivity index (χ2v) is 5.82. The average Bonchev–Trinajstić information content (AvgIpc) is 2.94. The van der Waals surface area contributed by atoms with E-state index in [0.717, 1.165) is 5.52 Å². The molecule has 2 N–H and O–H groups in total. The zero-order chi connectivity index (χ0) is 18.4. The minimum absolute atomic E-state index is 0.0165. The standard InChI is InChI=1S/C17H21N3O5/c1-10(2)18-17(23)20-16(22)11(3)24-15(21)9-8-14-19-12-6-4-5-7-13(12)25-14/h4-7,10-11H,8-9H2,1-3H3,(H2,18,20,22,23)/t11-/m0/s1. The van der Waals surface area contributed by atoms with Crippen molar-refractivity contribution in [2.24, 2.45) is 0 Å². The SMILES string of the molecule is CC(C)NC(=O)NC(=O)[C@H](C)OC(=O)CCc1nc2ccccc2o1. The van der Waals surface area contributed by atoms with Crippen molar-refractivity contribution in [3.8, 4) is 0 Å². The maximum absolute atomic E-state index is 11.8. The summed E-state index contributed by atoms with van der Waals surface area (Å²) < 4.78 is 10.5. The second kappa shape index (κ2) is 8.27. The maximum atomic E-state index is 11.8. The number of aryl methyl sites for hydroxylation is 1. The predicted octanol–water partition coefficient (Wildman–Crippen LogP) is 1.93. The second-order valence-electron chi connectivity index (χ2n) is 5.82. The van der Waals surface area contributed by atoms with Gasteiger partial charge in [0.25, 0.3) is 5.91 Å². The fourth-order valence-electron chi connectivity index (χ4n) is 2.06. The molecule has 0 unspecified atom stereocenters. The minimum Gasteiger partial charge on any atom is -0.453 e. The maximum Gasteiger partial charge on any atom is 0.321 e. The number of fused-ring (bicyclic) bond motifs is 1. The topological polar surface area (TPSA) is 111 Å². The normalized spacial score (nSPS) is 12.0. The Bertz CT molecular complexity index is 735. The molecule has 25 heavy (non-hydrogen) atoms. The Morgan fingerprint density at radius 3 is 2.60 bits per heavy atom. The van der Waals surface area contributed by atoms with Crippen molar-refractivity contribution in [3.63, 3.8) is 0 Å². The third kappa shape index (κ3) is 5.59. The van der Waals surface area contributed by atoms with E-state index in [0.29, 0.717) is 11.5 Å². The van der Waals surface area contributed by atoms with Crippen molar-refractivity contribution in [2.45, 2.75) is 45.8 Å². The first-order valence-corrected chi connectivity index (χ1v) is 8.00. The number of benzene rings is 1. The Hall–Kier alpha value is -2.90. The molecule has 134 valence electrons. The number of hydrogen-bond acceptors (Lipinski definition) is 6. The number of ether oxygens (including phenoxy) is 1. The number of carbonyl (C=O) groups excluding carboxylic acids is 3. The van der Waals surface area contributed by atoms with Gasteiger partial charge in [0.05, 0.1) is 6.42 Å². The van der Waals surface area contributed by atoms with Crippen LogP contribution in [0.15, 0.2) is 28.7 Å². The lowest BCUT2D eigenvalue weighted by Crippen LogP contribution is -2.46. The number of rotatable bonds is 6. The number of aromatic nitrogens is 1. The molecule has 0 aliphatic heterocycles. The van der Waals surface area contributed by atoms with Crippen LogP contribution in [-0.4, -0.2) is 35.0 Å². The fraction of sp³-hybridized carbons (Fsp3) is 0.412. The molecule has 1 aromatic heterocycles. The summed E-state index contributed by atoms with van der Waals surface area (Å²) in [5.74, 6) is -0.839. The average molecular weight is 347 g/mol. The molecular weight excluding hydrogens is 326 g/mol. The highest BCUT2D eigenvalue weighted by Crippen LogP contribution is 2.15. The van der Waals surface area contributed by atoms with Crippen LogP contribution in [0.25, 0.3) is 11.1 Å². The lowest BCUT2D eigenvalue weighted by molar-refractivity contribution is -0.154. The summed E-state index contributed by atoms with van der Waals surface area (Å²) in [5, 5.41) is 4.62. The van der Waals surface area contributed by atoms with Crippen molar-refractivity contribution in [1.82, 2.24) is 15.6 Å². The van der Waals surface area contributed by atoms with E-state index in [1.807, 2.05) is 18.2 Å². The van der Waals surface area contributed by atoms with Crippen LogP contribution in [0.5, 0.6) is 0 Å². The highest BCUT2D eigenvalue weighted by atomic mass is 16.5. The number of oxazole rings is 1. The summed E-state index contributed by atoms with van der Waals surface area (Å²) in [6.45, 7) is 4.93. The minimum atomic E-state index is -1.07. The Balaban J connectivity index is 1.78. The molecule has 0 saturated heterocycles. The molecule has 1 heterocycles. The summed E-state index contributed by atoms with van der Waals surface area (Å²) in [7, 11) is 0. The molecule has 2 aromatic rings. The van der Waals surface area contributed by atoms with Gasteiger partial charge in [-0.1, -0.05) is 12.1 Å². The Kier molecular flexibility index (Phi) is 6.10. The van der Waals surface area contributed by atoms with Crippen molar-refractivity contribution < 1.29 is 23.5 Å². The van der Waals surface area contributed by atoms with E-state index < -0.39 is 24.0 Å². The summed E-state index contributed by atoms with van der Waals surface area (Å²) in [5.41, 5.74) is 1.37. The molecule has 1 aromatic carbocycles. The van der Waals surface area contributed by atoms with Crippen molar-refractivity contribution in [3.05, 3.63) is 30.2 Å². The molecule has 8 heteroatoms. The first-order chi connectivity index (χ1) is 11.8. The van der Waals surface area contributed by atoms with E-state index in [1.54, 1.807) is 19.9 Å². The Morgan fingerprint density at radius 2 is 1.92 bits per heavy atom. The van der Waals surface area contributed by atoms with Gasteiger partial charge >= 0.3 is 12.0 Å². The molecular formula is C17H21N3O5. The van der Waals surface area contributed by atoms with Gasteiger partial charge in [0, 0.05) is 12.5 Å². The number of nitrogens with zero attached hydrogens (tertiary/aromatic N) is 1. The number of esters is 1. The molecule has 0 aliphatic carbocycles. The van der Waals surface area contributed by atoms with Gasteiger partial charge in [-0.2, -0.15) is 0 Å². The first-order valence-electron chi connectivity index (χ1n) is 8.00. The van der Waals surface area contributed by atoms with Gasteiger partial charge < -0.3 is 14.5 Å². The highest BCUT2D eigenvalue weighted by molar-refractivity contribution is 5.97. The van der Waals surface area contributed by atoms with Crippen LogP contribution in [0.4, 0.5) is 4.79 Å². The van der Waals surface area contributed by atoms with E-state index >= 15 is 0 Å². The molecule has 0 radical (unpaired) electrons. The molecule has 0 spiro atoms. The lowest BCUT2D eigenvalue weighted by atomic mass is 10.3. The monoisotopic (exact) mass is 347 g/mol. The van der Waals surface area contributed by atoms with Gasteiger partial charge in [0.1, 0.15) is 5.52 Å². The van der Waals surface area contributed by atoms with Crippen molar-refractivity contribution in [2.75, 3.05) is 0 Å². The molecule has 0 fully saturated rings. The first kappa shape index (κ1) is 18.4. The summed E-state index contributed by atoms with van der Waals surface area (Å²) in [4.78, 5) is 39.3. The third-order valence-electron chi connectivity index (χ3n) is 3.22. The van der Waals surface area contributed by atoms with Gasteiger partial charge in [-0.05, 0) is 32.9 Å². The summed E-state index contributed by atoms with van der Waals surface area (Å²) in [6.07, 6.45) is -0.799. The number of carbonyl (C=O) groups is 3. The van der Waals surface area contributed by atoms with Crippen LogP contribution in [0, 0.1) is 0 Å². The zero-order valence-electron chi connectivity index (χ0n) is 14.4. The highest BCUT2D eigenvalue weighted by Gasteiger charge is 2.20.